The molecule has 7 nitrogen and oxygen atoms in total. The molecule has 1 heterocycles. The summed E-state index contributed by atoms with van der Waals surface area (Å²) < 4.78 is 21.3. The maximum Gasteiger partial charge on any atom is 0.339 e. The number of esters is 1. The third-order valence-corrected chi connectivity index (χ3v) is 2.95. The van der Waals surface area contributed by atoms with Crippen LogP contribution in [0.3, 0.4) is 0 Å². The number of hydrogen-bond acceptors (Lipinski definition) is 7. The Hall–Kier alpha value is -2.57. The van der Waals surface area contributed by atoms with Gasteiger partial charge >= 0.3 is 5.97 Å². The minimum atomic E-state index is -0.634. The van der Waals surface area contributed by atoms with Gasteiger partial charge in [0.2, 0.25) is 0 Å². The number of aromatic nitrogens is 2. The van der Waals surface area contributed by atoms with E-state index in [4.69, 9.17) is 18.7 Å². The maximum absolute atomic E-state index is 12.3. The van der Waals surface area contributed by atoms with Crippen LogP contribution in [0.1, 0.15) is 48.9 Å². The Morgan fingerprint density at radius 1 is 1.22 bits per heavy atom. The molecular weight excluding hydrogens is 300 g/mol. The zero-order chi connectivity index (χ0) is 16.8. The van der Waals surface area contributed by atoms with Crippen molar-refractivity contribution in [1.82, 2.24) is 10.1 Å². The van der Waals surface area contributed by atoms with Crippen molar-refractivity contribution < 1.29 is 23.5 Å². The molecule has 1 atom stereocenters. The summed E-state index contributed by atoms with van der Waals surface area (Å²) in [5.41, 5.74) is 0.361. The van der Waals surface area contributed by atoms with E-state index in [0.717, 1.165) is 0 Å². The van der Waals surface area contributed by atoms with Crippen LogP contribution in [0.25, 0.3) is 0 Å². The summed E-state index contributed by atoms with van der Waals surface area (Å²) in [5.74, 6) is 1.34. The van der Waals surface area contributed by atoms with Crippen molar-refractivity contribution in [3.8, 4) is 11.5 Å². The largest absolute Gasteiger partial charge is 0.490 e. The number of nitrogens with zero attached hydrogens (tertiary/aromatic N) is 2. The molecule has 0 spiro atoms. The summed E-state index contributed by atoms with van der Waals surface area (Å²) in [6, 6.07) is 4.91. The molecule has 0 amide bonds. The molecule has 0 radical (unpaired) electrons. The van der Waals surface area contributed by atoms with E-state index in [1.54, 1.807) is 32.0 Å². The van der Waals surface area contributed by atoms with Crippen molar-refractivity contribution >= 4 is 5.97 Å². The lowest BCUT2D eigenvalue weighted by Gasteiger charge is -2.13. The quantitative estimate of drug-likeness (QED) is 0.725. The van der Waals surface area contributed by atoms with Crippen molar-refractivity contribution in [1.29, 1.82) is 0 Å². The lowest BCUT2D eigenvalue weighted by molar-refractivity contribution is 0.0265. The first-order valence-electron chi connectivity index (χ1n) is 7.46. The molecule has 23 heavy (non-hydrogen) atoms. The SMILES string of the molecule is CCOc1ccc(C(=O)OC(C)c2nc(C)no2)cc1OCC. The number of rotatable bonds is 7. The molecule has 124 valence electrons. The van der Waals surface area contributed by atoms with Crippen LogP contribution in [-0.2, 0) is 4.74 Å². The Balaban J connectivity index is 2.13. The highest BCUT2D eigenvalue weighted by atomic mass is 16.6. The van der Waals surface area contributed by atoms with Gasteiger partial charge < -0.3 is 18.7 Å². The van der Waals surface area contributed by atoms with Crippen molar-refractivity contribution in [3.05, 3.63) is 35.5 Å². The molecule has 0 saturated carbocycles. The highest BCUT2D eigenvalue weighted by Gasteiger charge is 2.20. The van der Waals surface area contributed by atoms with E-state index >= 15 is 0 Å². The minimum Gasteiger partial charge on any atom is -0.490 e. The van der Waals surface area contributed by atoms with Crippen LogP contribution in [0.15, 0.2) is 22.7 Å². The molecule has 0 N–H and O–H groups in total. The molecule has 2 rings (SSSR count). The van der Waals surface area contributed by atoms with Gasteiger partial charge in [-0.2, -0.15) is 4.98 Å². The Bertz CT molecular complexity index is 668. The van der Waals surface area contributed by atoms with E-state index in [2.05, 4.69) is 10.1 Å². The summed E-state index contributed by atoms with van der Waals surface area (Å²) in [4.78, 5) is 16.3. The van der Waals surface area contributed by atoms with Gasteiger partial charge in [-0.05, 0) is 45.9 Å². The predicted molar refractivity (Wildman–Crippen MR) is 81.6 cm³/mol. The Kier molecular flexibility index (Phi) is 5.56. The summed E-state index contributed by atoms with van der Waals surface area (Å²) in [6.07, 6.45) is -0.634. The summed E-state index contributed by atoms with van der Waals surface area (Å²) in [6.45, 7) is 8.09. The average Bonchev–Trinajstić information content (AvgIpc) is 2.96. The third kappa shape index (κ3) is 4.21. The summed E-state index contributed by atoms with van der Waals surface area (Å²) in [7, 11) is 0. The molecule has 0 aliphatic rings. The molecular formula is C16H20N2O5. The number of aryl methyl sites for hydroxylation is 1. The van der Waals surface area contributed by atoms with Crippen molar-refractivity contribution in [2.75, 3.05) is 13.2 Å². The number of benzene rings is 1. The summed E-state index contributed by atoms with van der Waals surface area (Å²) >= 11 is 0. The van der Waals surface area contributed by atoms with Crippen molar-refractivity contribution in [3.63, 3.8) is 0 Å². The van der Waals surface area contributed by atoms with Gasteiger partial charge in [0.15, 0.2) is 23.4 Å². The molecule has 1 aromatic carbocycles. The van der Waals surface area contributed by atoms with Crippen LogP contribution in [0, 0.1) is 6.92 Å². The molecule has 0 aliphatic heterocycles. The second-order valence-corrected chi connectivity index (χ2v) is 4.75. The second kappa shape index (κ2) is 7.62. The van der Waals surface area contributed by atoms with Crippen LogP contribution >= 0.6 is 0 Å². The molecule has 0 fully saturated rings. The normalized spacial score (nSPS) is 11.8. The van der Waals surface area contributed by atoms with Gasteiger partial charge in [-0.25, -0.2) is 4.79 Å². The minimum absolute atomic E-state index is 0.256. The molecule has 0 bridgehead atoms. The van der Waals surface area contributed by atoms with E-state index < -0.39 is 12.1 Å². The fourth-order valence-electron chi connectivity index (χ4n) is 1.94. The van der Waals surface area contributed by atoms with E-state index in [0.29, 0.717) is 36.1 Å². The van der Waals surface area contributed by atoms with Crippen LogP contribution in [0.4, 0.5) is 0 Å². The van der Waals surface area contributed by atoms with Gasteiger partial charge in [0.25, 0.3) is 5.89 Å². The van der Waals surface area contributed by atoms with Crippen molar-refractivity contribution in [2.45, 2.75) is 33.8 Å². The van der Waals surface area contributed by atoms with Crippen LogP contribution in [0.5, 0.6) is 11.5 Å². The molecule has 1 aromatic heterocycles. The zero-order valence-corrected chi connectivity index (χ0v) is 13.7. The maximum atomic E-state index is 12.3. The van der Waals surface area contributed by atoms with E-state index in [1.807, 2.05) is 13.8 Å². The van der Waals surface area contributed by atoms with Crippen molar-refractivity contribution in [2.24, 2.45) is 0 Å². The molecule has 1 unspecified atom stereocenters. The Morgan fingerprint density at radius 3 is 2.52 bits per heavy atom. The number of ether oxygens (including phenoxy) is 3. The fraction of sp³-hybridized carbons (Fsp3) is 0.438. The highest BCUT2D eigenvalue weighted by Crippen LogP contribution is 2.29. The topological polar surface area (TPSA) is 83.7 Å². The predicted octanol–water partition coefficient (Wildman–Crippen LogP) is 3.09. The van der Waals surface area contributed by atoms with Crippen LogP contribution in [0.2, 0.25) is 0 Å². The molecule has 7 heteroatoms. The number of carbonyl (C=O) groups is 1. The van der Waals surface area contributed by atoms with E-state index in [1.165, 1.54) is 0 Å². The lowest BCUT2D eigenvalue weighted by atomic mass is 10.2. The highest BCUT2D eigenvalue weighted by molar-refractivity contribution is 5.90. The third-order valence-electron chi connectivity index (χ3n) is 2.95. The smallest absolute Gasteiger partial charge is 0.339 e. The van der Waals surface area contributed by atoms with Crippen LogP contribution in [-0.4, -0.2) is 29.3 Å². The first-order chi connectivity index (χ1) is 11.0. The Labute approximate surface area is 134 Å². The fourth-order valence-corrected chi connectivity index (χ4v) is 1.94. The monoisotopic (exact) mass is 320 g/mol. The lowest BCUT2D eigenvalue weighted by Crippen LogP contribution is -2.10. The van der Waals surface area contributed by atoms with Gasteiger partial charge in [-0.1, -0.05) is 5.16 Å². The summed E-state index contributed by atoms with van der Waals surface area (Å²) in [5, 5.41) is 3.67. The Morgan fingerprint density at radius 2 is 1.91 bits per heavy atom. The second-order valence-electron chi connectivity index (χ2n) is 4.75. The first kappa shape index (κ1) is 16.8. The van der Waals surface area contributed by atoms with Gasteiger partial charge in [0.05, 0.1) is 18.8 Å². The van der Waals surface area contributed by atoms with E-state index in [-0.39, 0.29) is 5.89 Å². The van der Waals surface area contributed by atoms with Crippen LogP contribution < -0.4 is 9.47 Å². The molecule has 0 aliphatic carbocycles. The zero-order valence-electron chi connectivity index (χ0n) is 13.7. The van der Waals surface area contributed by atoms with Gasteiger partial charge in [-0.15, -0.1) is 0 Å². The van der Waals surface area contributed by atoms with Gasteiger partial charge in [-0.3, -0.25) is 0 Å². The number of carbonyl (C=O) groups excluding carboxylic acids is 1. The van der Waals surface area contributed by atoms with Gasteiger partial charge in [0.1, 0.15) is 0 Å². The average molecular weight is 320 g/mol. The van der Waals surface area contributed by atoms with E-state index in [9.17, 15) is 4.79 Å². The number of hydrogen-bond donors (Lipinski definition) is 0. The van der Waals surface area contributed by atoms with Gasteiger partial charge in [0, 0.05) is 0 Å². The standard InChI is InChI=1S/C16H20N2O5/c1-5-20-13-8-7-12(9-14(13)21-6-2)16(19)22-10(3)15-17-11(4)18-23-15/h7-10H,5-6H2,1-4H3. The molecule has 2 aromatic rings. The molecule has 0 saturated heterocycles. The first-order valence-corrected chi connectivity index (χ1v) is 7.46.